The fourth-order valence-corrected chi connectivity index (χ4v) is 4.34. The summed E-state index contributed by atoms with van der Waals surface area (Å²) in [5.41, 5.74) is 3.79. The van der Waals surface area contributed by atoms with Crippen LogP contribution in [0.5, 0.6) is 0 Å². The van der Waals surface area contributed by atoms with Crippen LogP contribution in [0.25, 0.3) is 32.8 Å². The molecule has 0 bridgehead atoms. The Hall–Kier alpha value is -3.86. The maximum Gasteiger partial charge on any atom is 0.259 e. The van der Waals surface area contributed by atoms with Gasteiger partial charge in [-0.15, -0.1) is 0 Å². The van der Waals surface area contributed by atoms with Crippen molar-refractivity contribution in [2.45, 2.75) is 18.4 Å². The molecule has 5 aromatic rings. The second-order valence-corrected chi connectivity index (χ2v) is 7.76. The molecule has 1 fully saturated rings. The van der Waals surface area contributed by atoms with Gasteiger partial charge in [-0.2, -0.15) is 0 Å². The van der Waals surface area contributed by atoms with Gasteiger partial charge < -0.3 is 4.57 Å². The minimum atomic E-state index is 0.0280. The van der Waals surface area contributed by atoms with Gasteiger partial charge in [-0.3, -0.25) is 9.78 Å². The predicted molar refractivity (Wildman–Crippen MR) is 117 cm³/mol. The van der Waals surface area contributed by atoms with Crippen LogP contribution in [0.4, 0.5) is 0 Å². The predicted octanol–water partition coefficient (Wildman–Crippen LogP) is 4.74. The summed E-state index contributed by atoms with van der Waals surface area (Å²) in [5, 5.41) is 2.78. The van der Waals surface area contributed by atoms with Gasteiger partial charge in [0.15, 0.2) is 0 Å². The van der Waals surface area contributed by atoms with Crippen LogP contribution in [-0.4, -0.2) is 19.5 Å². The number of hydrogen-bond acceptors (Lipinski definition) is 4. The Bertz CT molecular complexity index is 1460. The number of para-hydroxylation sites is 1. The Kier molecular flexibility index (Phi) is 3.74. The van der Waals surface area contributed by atoms with Crippen LogP contribution in [0.2, 0.25) is 0 Å². The normalized spacial score (nSPS) is 18.0. The molecule has 0 amide bonds. The monoisotopic (exact) mass is 390 g/mol. The molecule has 3 heterocycles. The van der Waals surface area contributed by atoms with Gasteiger partial charge in [-0.1, -0.05) is 42.5 Å². The molecule has 30 heavy (non-hydrogen) atoms. The lowest BCUT2D eigenvalue weighted by Crippen LogP contribution is -2.19. The van der Waals surface area contributed by atoms with Gasteiger partial charge in [0.25, 0.3) is 5.56 Å². The van der Waals surface area contributed by atoms with E-state index in [1.807, 2.05) is 53.2 Å². The van der Waals surface area contributed by atoms with E-state index in [1.165, 1.54) is 6.33 Å². The molecule has 0 saturated heterocycles. The van der Waals surface area contributed by atoms with Crippen molar-refractivity contribution in [3.63, 3.8) is 0 Å². The third kappa shape index (κ3) is 2.70. The molecular formula is C25H18N4O. The number of aromatic nitrogens is 4. The molecule has 1 aliphatic carbocycles. The van der Waals surface area contributed by atoms with Crippen molar-refractivity contribution in [1.29, 1.82) is 0 Å². The molecule has 0 spiro atoms. The first kappa shape index (κ1) is 17.0. The fraction of sp³-hybridized carbons (Fsp3) is 0.120. The van der Waals surface area contributed by atoms with Crippen LogP contribution >= 0.6 is 0 Å². The van der Waals surface area contributed by atoms with Crippen molar-refractivity contribution < 1.29 is 0 Å². The second kappa shape index (κ2) is 6.59. The molecule has 144 valence electrons. The molecule has 0 N–H and O–H groups in total. The fourth-order valence-electron chi connectivity index (χ4n) is 4.34. The summed E-state index contributed by atoms with van der Waals surface area (Å²) in [6.45, 7) is 0. The average molecular weight is 390 g/mol. The molecule has 1 saturated carbocycles. The highest BCUT2D eigenvalue weighted by Crippen LogP contribution is 2.50. The summed E-state index contributed by atoms with van der Waals surface area (Å²) in [7, 11) is 0. The minimum Gasteiger partial charge on any atom is -0.311 e. The van der Waals surface area contributed by atoms with E-state index in [1.54, 1.807) is 12.4 Å². The minimum absolute atomic E-state index is 0.0280. The van der Waals surface area contributed by atoms with E-state index in [9.17, 15) is 4.79 Å². The van der Waals surface area contributed by atoms with Crippen LogP contribution < -0.4 is 5.56 Å². The average Bonchev–Trinajstić information content (AvgIpc) is 3.60. The SMILES string of the molecule is O=c1c2c(-c3cncnc3)cccc2ccn1[C@@H]1CC1c1ccc2ccccc2n1. The van der Waals surface area contributed by atoms with E-state index >= 15 is 0 Å². The number of hydrogen-bond donors (Lipinski definition) is 0. The van der Waals surface area contributed by atoms with Crippen LogP contribution in [0.3, 0.4) is 0 Å². The van der Waals surface area contributed by atoms with Crippen molar-refractivity contribution in [2.24, 2.45) is 0 Å². The Morgan fingerprint density at radius 3 is 2.60 bits per heavy atom. The van der Waals surface area contributed by atoms with E-state index in [4.69, 9.17) is 4.98 Å². The van der Waals surface area contributed by atoms with Crippen LogP contribution in [0, 0.1) is 0 Å². The number of benzene rings is 2. The maximum atomic E-state index is 13.5. The zero-order valence-corrected chi connectivity index (χ0v) is 16.1. The van der Waals surface area contributed by atoms with E-state index in [2.05, 4.69) is 28.2 Å². The maximum absolute atomic E-state index is 13.5. The van der Waals surface area contributed by atoms with Gasteiger partial charge in [0.1, 0.15) is 6.33 Å². The van der Waals surface area contributed by atoms with Gasteiger partial charge >= 0.3 is 0 Å². The third-order valence-electron chi connectivity index (χ3n) is 5.95. The quantitative estimate of drug-likeness (QED) is 0.447. The van der Waals surface area contributed by atoms with Crippen molar-refractivity contribution in [3.05, 3.63) is 102 Å². The molecule has 3 aromatic heterocycles. The van der Waals surface area contributed by atoms with E-state index in [-0.39, 0.29) is 17.5 Å². The molecule has 2 atom stereocenters. The summed E-state index contributed by atoms with van der Waals surface area (Å²) in [4.78, 5) is 26.6. The van der Waals surface area contributed by atoms with Gasteiger partial charge in [-0.25, -0.2) is 9.97 Å². The van der Waals surface area contributed by atoms with Gasteiger partial charge in [0.2, 0.25) is 0 Å². The Balaban J connectivity index is 1.43. The number of pyridine rings is 2. The number of rotatable bonds is 3. The zero-order chi connectivity index (χ0) is 20.1. The highest BCUT2D eigenvalue weighted by Gasteiger charge is 2.41. The van der Waals surface area contributed by atoms with Crippen LogP contribution in [0.15, 0.2) is 90.4 Å². The van der Waals surface area contributed by atoms with Crippen molar-refractivity contribution in [3.8, 4) is 11.1 Å². The second-order valence-electron chi connectivity index (χ2n) is 7.76. The van der Waals surface area contributed by atoms with Crippen molar-refractivity contribution in [1.82, 2.24) is 19.5 Å². The topological polar surface area (TPSA) is 60.7 Å². The molecule has 6 rings (SSSR count). The van der Waals surface area contributed by atoms with Gasteiger partial charge in [0, 0.05) is 47.2 Å². The standard InChI is InChI=1S/C25H18N4O/c30-25-24-17(5-3-6-19(24)18-13-26-15-27-14-18)10-11-29(25)23-12-20(23)22-9-8-16-4-1-2-7-21(16)28-22/h1-11,13-15,20,23H,12H2/t20?,23-/m1/s1. The molecule has 5 heteroatoms. The zero-order valence-electron chi connectivity index (χ0n) is 16.1. The van der Waals surface area contributed by atoms with E-state index < -0.39 is 0 Å². The Labute approximate surface area is 172 Å². The molecule has 1 unspecified atom stereocenters. The smallest absolute Gasteiger partial charge is 0.259 e. The summed E-state index contributed by atoms with van der Waals surface area (Å²) in [5.74, 6) is 0.261. The molecule has 2 aromatic carbocycles. The first-order chi connectivity index (χ1) is 14.8. The lowest BCUT2D eigenvalue weighted by Gasteiger charge is -2.10. The van der Waals surface area contributed by atoms with Crippen LogP contribution in [0.1, 0.15) is 24.1 Å². The largest absolute Gasteiger partial charge is 0.311 e. The van der Waals surface area contributed by atoms with Crippen molar-refractivity contribution >= 4 is 21.7 Å². The summed E-state index contributed by atoms with van der Waals surface area (Å²) < 4.78 is 1.87. The summed E-state index contributed by atoms with van der Waals surface area (Å²) in [6.07, 6.45) is 7.84. The van der Waals surface area contributed by atoms with E-state index in [0.717, 1.165) is 39.5 Å². The molecule has 0 radical (unpaired) electrons. The lowest BCUT2D eigenvalue weighted by molar-refractivity contribution is 0.688. The molecule has 0 aliphatic heterocycles. The lowest BCUT2D eigenvalue weighted by atomic mass is 10.0. The first-order valence-corrected chi connectivity index (χ1v) is 10.0. The highest BCUT2D eigenvalue weighted by atomic mass is 16.1. The molecule has 5 nitrogen and oxygen atoms in total. The highest BCUT2D eigenvalue weighted by molar-refractivity contribution is 5.95. The van der Waals surface area contributed by atoms with Gasteiger partial charge in [0.05, 0.1) is 10.9 Å². The van der Waals surface area contributed by atoms with Crippen LogP contribution in [-0.2, 0) is 0 Å². The summed E-state index contributed by atoms with van der Waals surface area (Å²) >= 11 is 0. The van der Waals surface area contributed by atoms with E-state index in [0.29, 0.717) is 5.39 Å². The number of nitrogens with zero attached hydrogens (tertiary/aromatic N) is 4. The number of fused-ring (bicyclic) bond motifs is 2. The summed E-state index contributed by atoms with van der Waals surface area (Å²) in [6, 6.07) is 20.4. The first-order valence-electron chi connectivity index (χ1n) is 10.0. The molecular weight excluding hydrogens is 372 g/mol. The molecule has 1 aliphatic rings. The van der Waals surface area contributed by atoms with Gasteiger partial charge in [-0.05, 0) is 35.6 Å². The van der Waals surface area contributed by atoms with Crippen molar-refractivity contribution in [2.75, 3.05) is 0 Å². The Morgan fingerprint density at radius 2 is 1.70 bits per heavy atom. The Morgan fingerprint density at radius 1 is 0.867 bits per heavy atom. The third-order valence-corrected chi connectivity index (χ3v) is 5.95.